The van der Waals surface area contributed by atoms with Gasteiger partial charge in [0.25, 0.3) is 0 Å². The van der Waals surface area contributed by atoms with E-state index in [-0.39, 0.29) is 12.0 Å². The Hall–Kier alpha value is -1.08. The standard InChI is InChI=1S/C10H18O6/c1-6(13)10(8(15)2-3-11)9(16)4-7(14)5-12/h2-3,6-8,11-16H,4-5H2,1H3/b3-2-,10-9-. The molecule has 0 fully saturated rings. The van der Waals surface area contributed by atoms with Crippen LogP contribution in [0.15, 0.2) is 23.7 Å². The van der Waals surface area contributed by atoms with Crippen molar-refractivity contribution in [2.24, 2.45) is 0 Å². The van der Waals surface area contributed by atoms with E-state index in [1.54, 1.807) is 0 Å². The van der Waals surface area contributed by atoms with Crippen LogP contribution in [0.2, 0.25) is 0 Å². The first-order chi connectivity index (χ1) is 7.43. The van der Waals surface area contributed by atoms with Crippen LogP contribution in [-0.4, -0.2) is 55.6 Å². The highest BCUT2D eigenvalue weighted by Gasteiger charge is 2.20. The quantitative estimate of drug-likeness (QED) is 0.340. The van der Waals surface area contributed by atoms with Crippen molar-refractivity contribution in [1.29, 1.82) is 0 Å². The molecule has 0 heterocycles. The van der Waals surface area contributed by atoms with Crippen molar-refractivity contribution in [1.82, 2.24) is 0 Å². The highest BCUT2D eigenvalue weighted by molar-refractivity contribution is 5.21. The van der Waals surface area contributed by atoms with Gasteiger partial charge < -0.3 is 30.6 Å². The van der Waals surface area contributed by atoms with Gasteiger partial charge in [-0.1, -0.05) is 0 Å². The SMILES string of the molecule is CC(O)/C(=C(/O)CC(O)CO)C(O)/C=C\O. The Morgan fingerprint density at radius 1 is 1.25 bits per heavy atom. The second-order valence-electron chi connectivity index (χ2n) is 3.40. The highest BCUT2D eigenvalue weighted by atomic mass is 16.3. The molecule has 0 aliphatic heterocycles. The largest absolute Gasteiger partial charge is 0.516 e. The van der Waals surface area contributed by atoms with E-state index in [4.69, 9.17) is 15.3 Å². The average Bonchev–Trinajstić information content (AvgIpc) is 2.17. The lowest BCUT2D eigenvalue weighted by Gasteiger charge is -2.18. The van der Waals surface area contributed by atoms with Crippen LogP contribution in [0.3, 0.4) is 0 Å². The Bertz CT molecular complexity index is 258. The summed E-state index contributed by atoms with van der Waals surface area (Å²) in [6.45, 7) is 0.786. The van der Waals surface area contributed by atoms with Gasteiger partial charge >= 0.3 is 0 Å². The van der Waals surface area contributed by atoms with E-state index in [2.05, 4.69) is 0 Å². The van der Waals surface area contributed by atoms with Crippen molar-refractivity contribution in [3.8, 4) is 0 Å². The van der Waals surface area contributed by atoms with E-state index >= 15 is 0 Å². The zero-order chi connectivity index (χ0) is 12.7. The summed E-state index contributed by atoms with van der Waals surface area (Å²) in [4.78, 5) is 0. The minimum Gasteiger partial charge on any atom is -0.516 e. The number of hydrogen-bond acceptors (Lipinski definition) is 6. The molecular formula is C10H18O6. The molecule has 0 spiro atoms. The van der Waals surface area contributed by atoms with Crippen molar-refractivity contribution in [3.05, 3.63) is 23.7 Å². The van der Waals surface area contributed by atoms with Crippen LogP contribution in [0, 0.1) is 0 Å². The maximum Gasteiger partial charge on any atom is 0.102 e. The van der Waals surface area contributed by atoms with E-state index in [0.29, 0.717) is 6.26 Å². The van der Waals surface area contributed by atoms with Crippen LogP contribution < -0.4 is 0 Å². The topological polar surface area (TPSA) is 121 Å². The minimum absolute atomic E-state index is 0.127. The fraction of sp³-hybridized carbons (Fsp3) is 0.600. The molecule has 0 saturated heterocycles. The first kappa shape index (κ1) is 14.9. The van der Waals surface area contributed by atoms with Gasteiger partial charge in [0.2, 0.25) is 0 Å². The summed E-state index contributed by atoms with van der Waals surface area (Å²) in [5.41, 5.74) is -0.127. The molecule has 0 aliphatic carbocycles. The summed E-state index contributed by atoms with van der Waals surface area (Å²) in [6.07, 6.45) is -2.40. The van der Waals surface area contributed by atoms with Crippen LogP contribution in [-0.2, 0) is 0 Å². The Morgan fingerprint density at radius 3 is 2.19 bits per heavy atom. The monoisotopic (exact) mass is 234 g/mol. The second kappa shape index (κ2) is 7.24. The van der Waals surface area contributed by atoms with Gasteiger partial charge in [-0.25, -0.2) is 0 Å². The minimum atomic E-state index is -1.35. The van der Waals surface area contributed by atoms with Crippen molar-refractivity contribution in [3.63, 3.8) is 0 Å². The zero-order valence-corrected chi connectivity index (χ0v) is 8.98. The van der Waals surface area contributed by atoms with Crippen LogP contribution >= 0.6 is 0 Å². The summed E-state index contributed by atoms with van der Waals surface area (Å²) >= 11 is 0. The first-order valence-electron chi connectivity index (χ1n) is 4.81. The Kier molecular flexibility index (Phi) is 6.75. The molecule has 16 heavy (non-hydrogen) atoms. The lowest BCUT2D eigenvalue weighted by molar-refractivity contribution is 0.0826. The van der Waals surface area contributed by atoms with Gasteiger partial charge in [0, 0.05) is 12.0 Å². The van der Waals surface area contributed by atoms with Gasteiger partial charge in [-0.3, -0.25) is 0 Å². The van der Waals surface area contributed by atoms with Gasteiger partial charge in [0.05, 0.1) is 30.8 Å². The van der Waals surface area contributed by atoms with E-state index in [1.807, 2.05) is 0 Å². The fourth-order valence-electron chi connectivity index (χ4n) is 1.25. The predicted octanol–water partition coefficient (Wildman–Crippen LogP) is -0.645. The summed E-state index contributed by atoms with van der Waals surface area (Å²) in [6, 6.07) is 0. The lowest BCUT2D eigenvalue weighted by atomic mass is 10.0. The molecule has 0 rings (SSSR count). The second-order valence-corrected chi connectivity index (χ2v) is 3.40. The molecule has 3 unspecified atom stereocenters. The molecule has 0 radical (unpaired) electrons. The Balaban J connectivity index is 4.92. The number of rotatable bonds is 6. The predicted molar refractivity (Wildman–Crippen MR) is 56.8 cm³/mol. The van der Waals surface area contributed by atoms with Crippen molar-refractivity contribution in [2.45, 2.75) is 31.7 Å². The highest BCUT2D eigenvalue weighted by Crippen LogP contribution is 2.17. The van der Waals surface area contributed by atoms with Gasteiger partial charge in [-0.15, -0.1) is 0 Å². The first-order valence-corrected chi connectivity index (χ1v) is 4.81. The number of aliphatic hydroxyl groups excluding tert-OH is 6. The van der Waals surface area contributed by atoms with Crippen molar-refractivity contribution < 1.29 is 30.6 Å². The molecule has 0 aromatic heterocycles. The Labute approximate surface area is 93.4 Å². The normalized spacial score (nSPS) is 19.3. The molecule has 94 valence electrons. The Morgan fingerprint density at radius 2 is 1.81 bits per heavy atom. The maximum absolute atomic E-state index is 9.55. The molecular weight excluding hydrogens is 216 g/mol. The van der Waals surface area contributed by atoms with Gasteiger partial charge in [-0.05, 0) is 13.0 Å². The fourth-order valence-corrected chi connectivity index (χ4v) is 1.25. The molecule has 6 heteroatoms. The van der Waals surface area contributed by atoms with Crippen LogP contribution in [0.1, 0.15) is 13.3 Å². The summed E-state index contributed by atoms with van der Waals surface area (Å²) in [7, 11) is 0. The van der Waals surface area contributed by atoms with Crippen molar-refractivity contribution >= 4 is 0 Å². The van der Waals surface area contributed by atoms with Crippen molar-refractivity contribution in [2.75, 3.05) is 6.61 Å². The van der Waals surface area contributed by atoms with Gasteiger partial charge in [0.1, 0.15) is 6.10 Å². The number of hydrogen-bond donors (Lipinski definition) is 6. The smallest absolute Gasteiger partial charge is 0.102 e. The van der Waals surface area contributed by atoms with Crippen LogP contribution in [0.4, 0.5) is 0 Å². The van der Waals surface area contributed by atoms with E-state index in [0.717, 1.165) is 6.08 Å². The molecule has 0 aliphatic rings. The average molecular weight is 234 g/mol. The number of aliphatic hydroxyl groups is 6. The third-order valence-electron chi connectivity index (χ3n) is 2.01. The van der Waals surface area contributed by atoms with Crippen LogP contribution in [0.5, 0.6) is 0 Å². The molecule has 0 aromatic carbocycles. The maximum atomic E-state index is 9.55. The third kappa shape index (κ3) is 4.63. The van der Waals surface area contributed by atoms with Gasteiger partial charge in [-0.2, -0.15) is 0 Å². The summed E-state index contributed by atoms with van der Waals surface area (Å²) in [5, 5.41) is 54.5. The molecule has 0 aromatic rings. The van der Waals surface area contributed by atoms with E-state index in [1.165, 1.54) is 6.92 Å². The molecule has 0 saturated carbocycles. The van der Waals surface area contributed by atoms with E-state index < -0.39 is 30.7 Å². The molecule has 0 bridgehead atoms. The zero-order valence-electron chi connectivity index (χ0n) is 8.98. The summed E-state index contributed by atoms with van der Waals surface area (Å²) < 4.78 is 0. The summed E-state index contributed by atoms with van der Waals surface area (Å²) in [5.74, 6) is -0.415. The molecule has 6 N–H and O–H groups in total. The molecule has 6 nitrogen and oxygen atoms in total. The molecule has 3 atom stereocenters. The van der Waals surface area contributed by atoms with Gasteiger partial charge in [0.15, 0.2) is 0 Å². The van der Waals surface area contributed by atoms with E-state index in [9.17, 15) is 15.3 Å². The lowest BCUT2D eigenvalue weighted by Crippen LogP contribution is -2.23. The molecule has 0 amide bonds. The van der Waals surface area contributed by atoms with Crippen LogP contribution in [0.25, 0.3) is 0 Å². The third-order valence-corrected chi connectivity index (χ3v) is 2.01.